The van der Waals surface area contributed by atoms with Gasteiger partial charge in [-0.1, -0.05) is 263 Å². The molecule has 4 N–H and O–H groups in total. The van der Waals surface area contributed by atoms with Crippen molar-refractivity contribution in [2.24, 2.45) is 0 Å². The first-order valence-corrected chi connectivity index (χ1v) is 25.6. The van der Waals surface area contributed by atoms with Crippen LogP contribution in [0.15, 0.2) is 24.3 Å². The fourth-order valence-electron chi connectivity index (χ4n) is 8.06. The summed E-state index contributed by atoms with van der Waals surface area (Å²) in [4.78, 5) is 12.4. The van der Waals surface area contributed by atoms with Gasteiger partial charge in [0.05, 0.1) is 31.3 Å². The number of amides is 1. The van der Waals surface area contributed by atoms with Crippen molar-refractivity contribution in [2.75, 3.05) is 6.61 Å². The molecule has 57 heavy (non-hydrogen) atoms. The van der Waals surface area contributed by atoms with Crippen molar-refractivity contribution >= 4 is 5.91 Å². The topological polar surface area (TPSA) is 89.8 Å². The molecule has 3 unspecified atom stereocenters. The quantitative estimate of drug-likeness (QED) is 0.0364. The van der Waals surface area contributed by atoms with E-state index in [-0.39, 0.29) is 18.9 Å². The molecular weight excluding hydrogens is 703 g/mol. The first-order valence-electron chi connectivity index (χ1n) is 25.6. The van der Waals surface area contributed by atoms with Crippen LogP contribution in [0.1, 0.15) is 277 Å². The molecule has 0 rings (SSSR count). The normalized spacial score (nSPS) is 13.6. The van der Waals surface area contributed by atoms with Crippen molar-refractivity contribution < 1.29 is 20.1 Å². The highest BCUT2D eigenvalue weighted by Crippen LogP contribution is 2.17. The molecule has 0 bridgehead atoms. The van der Waals surface area contributed by atoms with Crippen molar-refractivity contribution in [3.63, 3.8) is 0 Å². The van der Waals surface area contributed by atoms with Crippen LogP contribution >= 0.6 is 0 Å². The van der Waals surface area contributed by atoms with Crippen LogP contribution in [0.5, 0.6) is 0 Å². The Bertz CT molecular complexity index is 844. The summed E-state index contributed by atoms with van der Waals surface area (Å²) in [5.41, 5.74) is 0. The summed E-state index contributed by atoms with van der Waals surface area (Å²) in [6.07, 6.45) is 59.6. The van der Waals surface area contributed by atoms with Gasteiger partial charge in [-0.2, -0.15) is 0 Å². The Morgan fingerprint density at radius 1 is 0.439 bits per heavy atom. The van der Waals surface area contributed by atoms with Gasteiger partial charge in [-0.25, -0.2) is 0 Å². The van der Waals surface area contributed by atoms with Gasteiger partial charge in [-0.05, 0) is 32.1 Å². The van der Waals surface area contributed by atoms with E-state index in [0.29, 0.717) is 6.42 Å². The lowest BCUT2D eigenvalue weighted by atomic mass is 10.0. The maximum atomic E-state index is 12.4. The predicted molar refractivity (Wildman–Crippen MR) is 250 cm³/mol. The summed E-state index contributed by atoms with van der Waals surface area (Å²) in [5, 5.41) is 33.1. The second-order valence-electron chi connectivity index (χ2n) is 17.8. The molecule has 0 fully saturated rings. The van der Waals surface area contributed by atoms with Gasteiger partial charge in [0.25, 0.3) is 0 Å². The minimum absolute atomic E-state index is 0.00932. The Balaban J connectivity index is 3.42. The molecule has 0 saturated carbocycles. The van der Waals surface area contributed by atoms with Gasteiger partial charge in [0.15, 0.2) is 0 Å². The largest absolute Gasteiger partial charge is 0.394 e. The number of allylic oxidation sites excluding steroid dienone is 3. The molecule has 3 atom stereocenters. The van der Waals surface area contributed by atoms with Gasteiger partial charge in [0.2, 0.25) is 5.91 Å². The number of aliphatic hydroxyl groups excluding tert-OH is 3. The van der Waals surface area contributed by atoms with E-state index in [4.69, 9.17) is 0 Å². The number of carbonyl (C=O) groups is 1. The molecule has 0 aromatic carbocycles. The van der Waals surface area contributed by atoms with E-state index in [9.17, 15) is 20.1 Å². The van der Waals surface area contributed by atoms with Crippen molar-refractivity contribution in [3.8, 4) is 0 Å². The van der Waals surface area contributed by atoms with Gasteiger partial charge in [0, 0.05) is 0 Å². The van der Waals surface area contributed by atoms with E-state index in [1.807, 2.05) is 6.08 Å². The van der Waals surface area contributed by atoms with Crippen LogP contribution in [-0.2, 0) is 4.79 Å². The Kier molecular flexibility index (Phi) is 46.5. The molecule has 0 aliphatic carbocycles. The van der Waals surface area contributed by atoms with Crippen molar-refractivity contribution in [3.05, 3.63) is 24.3 Å². The summed E-state index contributed by atoms with van der Waals surface area (Å²) < 4.78 is 0. The van der Waals surface area contributed by atoms with Gasteiger partial charge < -0.3 is 20.6 Å². The molecule has 0 aromatic rings. The third-order valence-electron chi connectivity index (χ3n) is 12.0. The number of aliphatic hydroxyl groups is 3. The Morgan fingerprint density at radius 3 is 1.12 bits per heavy atom. The Labute approximate surface area is 356 Å². The number of nitrogens with one attached hydrogen (secondary N) is 1. The van der Waals surface area contributed by atoms with E-state index in [0.717, 1.165) is 32.1 Å². The number of unbranched alkanes of at least 4 members (excludes halogenated alkanes) is 36. The third-order valence-corrected chi connectivity index (χ3v) is 12.0. The first-order chi connectivity index (χ1) is 28.0. The molecule has 0 saturated heterocycles. The van der Waals surface area contributed by atoms with E-state index < -0.39 is 18.2 Å². The molecule has 0 spiro atoms. The maximum absolute atomic E-state index is 12.4. The summed E-state index contributed by atoms with van der Waals surface area (Å²) in [5.74, 6) is -0.324. The molecule has 0 aliphatic rings. The lowest BCUT2D eigenvalue weighted by Crippen LogP contribution is -2.45. The van der Waals surface area contributed by atoms with E-state index >= 15 is 0 Å². The Hall–Kier alpha value is -1.17. The Morgan fingerprint density at radius 2 is 0.754 bits per heavy atom. The fraction of sp³-hybridized carbons (Fsp3) is 0.904. The fourth-order valence-corrected chi connectivity index (χ4v) is 8.06. The smallest absolute Gasteiger partial charge is 0.222 e. The number of hydrogen-bond donors (Lipinski definition) is 4. The third kappa shape index (κ3) is 44.2. The average molecular weight is 804 g/mol. The zero-order valence-electron chi connectivity index (χ0n) is 38.5. The molecule has 5 nitrogen and oxygen atoms in total. The van der Waals surface area contributed by atoms with E-state index in [1.54, 1.807) is 6.08 Å². The first kappa shape index (κ1) is 55.8. The molecule has 0 aliphatic heterocycles. The summed E-state index contributed by atoms with van der Waals surface area (Å²) in [6, 6.07) is -0.756. The molecule has 5 heteroatoms. The highest BCUT2D eigenvalue weighted by Gasteiger charge is 2.20. The number of hydrogen-bond acceptors (Lipinski definition) is 4. The highest BCUT2D eigenvalue weighted by atomic mass is 16.3. The maximum Gasteiger partial charge on any atom is 0.222 e. The van der Waals surface area contributed by atoms with Gasteiger partial charge in [-0.15, -0.1) is 0 Å². The molecule has 0 aromatic heterocycles. The van der Waals surface area contributed by atoms with Gasteiger partial charge in [0.1, 0.15) is 0 Å². The second kappa shape index (κ2) is 47.5. The second-order valence-corrected chi connectivity index (χ2v) is 17.8. The van der Waals surface area contributed by atoms with Crippen LogP contribution in [0, 0.1) is 0 Å². The zero-order chi connectivity index (χ0) is 41.5. The van der Waals surface area contributed by atoms with Crippen LogP contribution in [0.25, 0.3) is 0 Å². The molecular formula is C52H101NO4. The summed E-state index contributed by atoms with van der Waals surface area (Å²) in [6.45, 7) is 4.16. The van der Waals surface area contributed by atoms with Crippen molar-refractivity contribution in [1.82, 2.24) is 5.32 Å². The number of carbonyl (C=O) groups excluding carboxylic acids is 1. The SMILES string of the molecule is CCCCC/C=C/CC/C=C/C(O)C(CO)NC(=O)CC(O)CCCCCCCCCCCCCCCCCCCCCCCCCCCCCCCCCCC. The summed E-state index contributed by atoms with van der Waals surface area (Å²) in [7, 11) is 0. The van der Waals surface area contributed by atoms with Gasteiger partial charge in [-0.3, -0.25) is 4.79 Å². The zero-order valence-corrected chi connectivity index (χ0v) is 38.5. The van der Waals surface area contributed by atoms with Crippen molar-refractivity contribution in [1.29, 1.82) is 0 Å². The lowest BCUT2D eigenvalue weighted by Gasteiger charge is -2.21. The van der Waals surface area contributed by atoms with E-state index in [1.165, 1.54) is 218 Å². The summed E-state index contributed by atoms with van der Waals surface area (Å²) >= 11 is 0. The van der Waals surface area contributed by atoms with Crippen LogP contribution in [0.3, 0.4) is 0 Å². The predicted octanol–water partition coefficient (Wildman–Crippen LogP) is 15.3. The van der Waals surface area contributed by atoms with E-state index in [2.05, 4.69) is 31.3 Å². The van der Waals surface area contributed by atoms with Crippen LogP contribution < -0.4 is 5.32 Å². The molecule has 0 heterocycles. The highest BCUT2D eigenvalue weighted by molar-refractivity contribution is 5.76. The van der Waals surface area contributed by atoms with Crippen LogP contribution in [0.4, 0.5) is 0 Å². The van der Waals surface area contributed by atoms with Crippen molar-refractivity contribution in [2.45, 2.75) is 295 Å². The number of rotatable bonds is 47. The monoisotopic (exact) mass is 804 g/mol. The lowest BCUT2D eigenvalue weighted by molar-refractivity contribution is -0.124. The average Bonchev–Trinajstić information content (AvgIpc) is 3.20. The minimum Gasteiger partial charge on any atom is -0.394 e. The molecule has 1 amide bonds. The van der Waals surface area contributed by atoms with Gasteiger partial charge >= 0.3 is 0 Å². The van der Waals surface area contributed by atoms with Crippen LogP contribution in [0.2, 0.25) is 0 Å². The van der Waals surface area contributed by atoms with Crippen LogP contribution in [-0.4, -0.2) is 46.1 Å². The molecule has 0 radical (unpaired) electrons. The standard InChI is InChI=1S/C52H101NO4/c1-3-5-7-9-11-13-14-15-16-17-18-19-20-21-22-23-24-25-26-27-28-29-30-31-32-33-34-35-36-38-39-41-43-45-49(55)47-52(57)53-50(48-54)51(56)46-44-42-40-37-12-10-8-6-4-2/h12,37,44,46,49-51,54-56H,3-11,13-36,38-43,45,47-48H2,1-2H3,(H,53,57)/b37-12+,46-44+. The molecule has 338 valence electrons. The minimum atomic E-state index is -0.947.